The lowest BCUT2D eigenvalue weighted by Crippen LogP contribution is -2.20. The van der Waals surface area contributed by atoms with Crippen LogP contribution < -0.4 is 5.56 Å². The average Bonchev–Trinajstić information content (AvgIpc) is 3.39. The number of aromatic nitrogens is 6. The van der Waals surface area contributed by atoms with Crippen molar-refractivity contribution in [3.63, 3.8) is 0 Å². The maximum Gasteiger partial charge on any atom is 0.262 e. The van der Waals surface area contributed by atoms with Gasteiger partial charge in [-0.2, -0.15) is 0 Å². The molecule has 0 bridgehead atoms. The number of thioether (sulfide) groups is 1. The summed E-state index contributed by atoms with van der Waals surface area (Å²) >= 11 is 1.60. The molecule has 7 nitrogen and oxygen atoms in total. The topological polar surface area (TPSA) is 70.0 Å². The van der Waals surface area contributed by atoms with Crippen molar-refractivity contribution >= 4 is 28.4 Å². The van der Waals surface area contributed by atoms with Gasteiger partial charge in [0.2, 0.25) is 5.78 Å². The normalized spacial score (nSPS) is 11.6. The Morgan fingerprint density at radius 1 is 1.03 bits per heavy atom. The van der Waals surface area contributed by atoms with Gasteiger partial charge in [0.05, 0.1) is 22.3 Å². The van der Waals surface area contributed by atoms with Crippen molar-refractivity contribution in [2.45, 2.75) is 24.8 Å². The zero-order valence-electron chi connectivity index (χ0n) is 16.9. The van der Waals surface area contributed by atoms with Gasteiger partial charge in [0.1, 0.15) is 5.82 Å². The maximum atomic E-state index is 12.6. The Bertz CT molecular complexity index is 1460. The predicted molar refractivity (Wildman–Crippen MR) is 118 cm³/mol. The van der Waals surface area contributed by atoms with Crippen LogP contribution in [-0.4, -0.2) is 28.7 Å². The molecule has 0 N–H and O–H groups in total. The Morgan fingerprint density at radius 3 is 2.73 bits per heavy atom. The minimum atomic E-state index is -0.0739. The third-order valence-corrected chi connectivity index (χ3v) is 6.43. The molecular weight excluding hydrogens is 396 g/mol. The Kier molecular flexibility index (Phi) is 4.43. The van der Waals surface area contributed by atoms with E-state index in [4.69, 9.17) is 0 Å². The van der Waals surface area contributed by atoms with Crippen molar-refractivity contribution in [2.24, 2.45) is 7.05 Å². The van der Waals surface area contributed by atoms with E-state index >= 15 is 0 Å². The first-order chi connectivity index (χ1) is 14.6. The molecule has 0 radical (unpaired) electrons. The fourth-order valence-electron chi connectivity index (χ4n) is 3.69. The first kappa shape index (κ1) is 18.6. The molecule has 5 rings (SSSR count). The molecule has 5 aromatic rings. The summed E-state index contributed by atoms with van der Waals surface area (Å²) in [5.74, 6) is 1.88. The van der Waals surface area contributed by atoms with Gasteiger partial charge in [0.15, 0.2) is 5.16 Å². The van der Waals surface area contributed by atoms with Gasteiger partial charge >= 0.3 is 0 Å². The van der Waals surface area contributed by atoms with E-state index in [1.807, 2.05) is 41.1 Å². The van der Waals surface area contributed by atoms with Gasteiger partial charge < -0.3 is 0 Å². The molecule has 3 aromatic heterocycles. The van der Waals surface area contributed by atoms with Crippen LogP contribution in [0.3, 0.4) is 0 Å². The van der Waals surface area contributed by atoms with E-state index in [2.05, 4.69) is 51.8 Å². The van der Waals surface area contributed by atoms with Crippen molar-refractivity contribution in [3.05, 3.63) is 82.2 Å². The summed E-state index contributed by atoms with van der Waals surface area (Å²) in [6.07, 6.45) is 3.79. The van der Waals surface area contributed by atoms with Gasteiger partial charge in [-0.05, 0) is 43.2 Å². The molecule has 0 spiro atoms. The van der Waals surface area contributed by atoms with Crippen molar-refractivity contribution in [3.8, 4) is 5.69 Å². The van der Waals surface area contributed by atoms with Gasteiger partial charge in [0.25, 0.3) is 5.56 Å². The van der Waals surface area contributed by atoms with Crippen LogP contribution in [0.2, 0.25) is 0 Å². The predicted octanol–water partition coefficient (Wildman–Crippen LogP) is 3.68. The largest absolute Gasteiger partial charge is 0.295 e. The SMILES string of the molecule is Cc1cccc(-n2ccnc2SCc2nnc3n(C)c(=O)c4ccccc4n23)c1C. The summed E-state index contributed by atoms with van der Waals surface area (Å²) < 4.78 is 5.60. The van der Waals surface area contributed by atoms with Gasteiger partial charge in [-0.3, -0.25) is 18.3 Å². The number of fused-ring (bicyclic) bond motifs is 3. The second-order valence-electron chi connectivity index (χ2n) is 7.22. The second-order valence-corrected chi connectivity index (χ2v) is 8.16. The number of hydrogen-bond acceptors (Lipinski definition) is 5. The highest BCUT2D eigenvalue weighted by molar-refractivity contribution is 7.98. The molecule has 0 aliphatic rings. The van der Waals surface area contributed by atoms with E-state index in [0.717, 1.165) is 22.2 Å². The summed E-state index contributed by atoms with van der Waals surface area (Å²) in [4.78, 5) is 17.2. The van der Waals surface area contributed by atoms with Gasteiger partial charge in [-0.1, -0.05) is 36.0 Å². The van der Waals surface area contributed by atoms with E-state index in [1.54, 1.807) is 23.4 Å². The monoisotopic (exact) mass is 416 g/mol. The number of nitrogens with zero attached hydrogens (tertiary/aromatic N) is 6. The molecule has 2 aromatic carbocycles. The summed E-state index contributed by atoms with van der Waals surface area (Å²) in [6.45, 7) is 4.23. The highest BCUT2D eigenvalue weighted by Gasteiger charge is 2.16. The molecule has 0 fully saturated rings. The molecule has 0 amide bonds. The summed E-state index contributed by atoms with van der Waals surface area (Å²) in [7, 11) is 1.73. The van der Waals surface area contributed by atoms with Crippen LogP contribution in [0.15, 0.2) is 64.8 Å². The molecule has 0 atom stereocenters. The Morgan fingerprint density at radius 2 is 1.87 bits per heavy atom. The Hall–Kier alpha value is -3.39. The highest BCUT2D eigenvalue weighted by Crippen LogP contribution is 2.27. The quantitative estimate of drug-likeness (QED) is 0.418. The van der Waals surface area contributed by atoms with E-state index in [1.165, 1.54) is 11.1 Å². The summed E-state index contributed by atoms with van der Waals surface area (Å²) in [6, 6.07) is 13.8. The first-order valence-electron chi connectivity index (χ1n) is 9.60. The lowest BCUT2D eigenvalue weighted by molar-refractivity contribution is 0.857. The zero-order chi connectivity index (χ0) is 20.8. The van der Waals surface area contributed by atoms with Gasteiger partial charge in [0, 0.05) is 19.4 Å². The Labute approximate surface area is 177 Å². The van der Waals surface area contributed by atoms with Crippen LogP contribution in [0.25, 0.3) is 22.4 Å². The first-order valence-corrected chi connectivity index (χ1v) is 10.6. The van der Waals surface area contributed by atoms with Crippen molar-refractivity contribution in [1.82, 2.24) is 28.7 Å². The molecule has 30 heavy (non-hydrogen) atoms. The van der Waals surface area contributed by atoms with E-state index in [9.17, 15) is 4.79 Å². The van der Waals surface area contributed by atoms with Gasteiger partial charge in [-0.15, -0.1) is 10.2 Å². The molecule has 8 heteroatoms. The highest BCUT2D eigenvalue weighted by atomic mass is 32.2. The number of para-hydroxylation sites is 1. The lowest BCUT2D eigenvalue weighted by Gasteiger charge is -2.12. The van der Waals surface area contributed by atoms with Crippen molar-refractivity contribution in [2.75, 3.05) is 0 Å². The van der Waals surface area contributed by atoms with Crippen molar-refractivity contribution in [1.29, 1.82) is 0 Å². The molecule has 0 saturated heterocycles. The molecule has 3 heterocycles. The minimum Gasteiger partial charge on any atom is -0.295 e. The number of aryl methyl sites for hydroxylation is 2. The number of benzene rings is 2. The molecule has 150 valence electrons. The number of rotatable bonds is 4. The standard InChI is InChI=1S/C22H20N6OS/c1-14-7-6-10-17(15(14)2)27-12-11-23-22(27)30-13-19-24-25-21-26(3)20(29)16-8-4-5-9-18(16)28(19)21/h4-12H,13H2,1-3H3. The van der Waals surface area contributed by atoms with Crippen LogP contribution in [0.4, 0.5) is 0 Å². The Balaban J connectivity index is 1.56. The average molecular weight is 417 g/mol. The van der Waals surface area contributed by atoms with Crippen LogP contribution >= 0.6 is 11.8 Å². The number of hydrogen-bond donors (Lipinski definition) is 0. The van der Waals surface area contributed by atoms with Crippen LogP contribution in [0, 0.1) is 13.8 Å². The zero-order valence-corrected chi connectivity index (χ0v) is 17.7. The fraction of sp³-hybridized carbons (Fsp3) is 0.182. The minimum absolute atomic E-state index is 0.0739. The molecule has 0 unspecified atom stereocenters. The molecule has 0 aliphatic carbocycles. The van der Waals surface area contributed by atoms with Crippen molar-refractivity contribution < 1.29 is 0 Å². The molecule has 0 saturated carbocycles. The molecular formula is C22H20N6OS. The van der Waals surface area contributed by atoms with E-state index in [0.29, 0.717) is 16.9 Å². The second kappa shape index (κ2) is 7.14. The fourth-order valence-corrected chi connectivity index (χ4v) is 4.57. The third-order valence-electron chi connectivity index (χ3n) is 5.47. The third kappa shape index (κ3) is 2.83. The van der Waals surface area contributed by atoms with E-state index in [-0.39, 0.29) is 5.56 Å². The lowest BCUT2D eigenvalue weighted by atomic mass is 10.1. The smallest absolute Gasteiger partial charge is 0.262 e. The summed E-state index contributed by atoms with van der Waals surface area (Å²) in [5.41, 5.74) is 4.33. The molecule has 0 aliphatic heterocycles. The van der Waals surface area contributed by atoms with Crippen LogP contribution in [0.5, 0.6) is 0 Å². The van der Waals surface area contributed by atoms with Crippen LogP contribution in [0.1, 0.15) is 17.0 Å². The van der Waals surface area contributed by atoms with E-state index < -0.39 is 0 Å². The van der Waals surface area contributed by atoms with Gasteiger partial charge in [-0.25, -0.2) is 4.98 Å². The number of imidazole rings is 1. The van der Waals surface area contributed by atoms with Crippen LogP contribution in [-0.2, 0) is 12.8 Å². The maximum absolute atomic E-state index is 12.6. The summed E-state index contributed by atoms with van der Waals surface area (Å²) in [5, 5.41) is 10.2.